The molecule has 0 aromatic carbocycles. The molecular formula is C12H16N4O3. The van der Waals surface area contributed by atoms with Crippen LogP contribution in [0.3, 0.4) is 0 Å². The summed E-state index contributed by atoms with van der Waals surface area (Å²) in [6, 6.07) is 1.11. The molecule has 1 aliphatic heterocycles. The minimum Gasteiger partial charge on any atom is -0.465 e. The monoisotopic (exact) mass is 264 g/mol. The molecule has 19 heavy (non-hydrogen) atoms. The summed E-state index contributed by atoms with van der Waals surface area (Å²) in [5.41, 5.74) is 6.19. The fourth-order valence-electron chi connectivity index (χ4n) is 1.98. The summed E-state index contributed by atoms with van der Waals surface area (Å²) >= 11 is 0. The number of amides is 1. The molecule has 1 fully saturated rings. The Morgan fingerprint density at radius 3 is 2.95 bits per heavy atom. The van der Waals surface area contributed by atoms with Crippen molar-refractivity contribution in [1.29, 1.82) is 0 Å². The molecule has 7 nitrogen and oxygen atoms in total. The van der Waals surface area contributed by atoms with Crippen LogP contribution >= 0.6 is 0 Å². The Balaban J connectivity index is 2.25. The highest BCUT2D eigenvalue weighted by Gasteiger charge is 2.30. The van der Waals surface area contributed by atoms with Gasteiger partial charge in [0.15, 0.2) is 0 Å². The summed E-state index contributed by atoms with van der Waals surface area (Å²) in [6.07, 6.45) is 2.10. The molecule has 1 aromatic rings. The number of rotatable bonds is 3. The molecule has 1 aliphatic rings. The minimum absolute atomic E-state index is 0.0190. The molecule has 0 aliphatic carbocycles. The molecule has 0 saturated carbocycles. The third-order valence-electron chi connectivity index (χ3n) is 3.05. The Hall–Kier alpha value is -2.31. The highest BCUT2D eigenvalue weighted by Crippen LogP contribution is 2.20. The summed E-state index contributed by atoms with van der Waals surface area (Å²) in [7, 11) is 3.02. The van der Waals surface area contributed by atoms with E-state index in [1.165, 1.54) is 19.4 Å². The predicted octanol–water partition coefficient (Wildman–Crippen LogP) is 0.0930. The number of carbonyl (C=O) groups is 2. The molecule has 1 saturated heterocycles. The van der Waals surface area contributed by atoms with E-state index in [0.29, 0.717) is 24.5 Å². The number of hydrogen-bond acceptors (Lipinski definition) is 6. The van der Waals surface area contributed by atoms with Gasteiger partial charge in [-0.1, -0.05) is 0 Å². The molecule has 1 unspecified atom stereocenters. The van der Waals surface area contributed by atoms with Crippen molar-refractivity contribution in [2.45, 2.75) is 12.5 Å². The number of methoxy groups -OCH3 is 1. The second-order valence-corrected chi connectivity index (χ2v) is 4.40. The fourth-order valence-corrected chi connectivity index (χ4v) is 1.98. The van der Waals surface area contributed by atoms with Crippen molar-refractivity contribution in [2.75, 3.05) is 31.8 Å². The molecule has 2 heterocycles. The number of pyridine rings is 1. The van der Waals surface area contributed by atoms with E-state index >= 15 is 0 Å². The number of esters is 1. The van der Waals surface area contributed by atoms with E-state index in [4.69, 9.17) is 5.73 Å². The minimum atomic E-state index is -0.541. The number of hydrogen-bond donors (Lipinski definition) is 2. The Kier molecular flexibility index (Phi) is 3.55. The van der Waals surface area contributed by atoms with Gasteiger partial charge in [-0.15, -0.1) is 0 Å². The second-order valence-electron chi connectivity index (χ2n) is 4.40. The number of anilines is 2. The molecule has 0 radical (unpaired) electrons. The first-order valence-corrected chi connectivity index (χ1v) is 5.88. The van der Waals surface area contributed by atoms with Gasteiger partial charge in [0.1, 0.15) is 17.4 Å². The van der Waals surface area contributed by atoms with Gasteiger partial charge in [0, 0.05) is 13.6 Å². The predicted molar refractivity (Wildman–Crippen MR) is 69.7 cm³/mol. The standard InChI is InChI=1S/C12H16N4O3/c1-16-4-3-9(11(16)17)15-10-8(12(18)19-2)5-7(13)6-14-10/h5-6,9H,3-4,13H2,1-2H3,(H,14,15). The van der Waals surface area contributed by atoms with Crippen LogP contribution in [0.5, 0.6) is 0 Å². The number of ether oxygens (including phenoxy) is 1. The largest absolute Gasteiger partial charge is 0.465 e. The molecule has 102 valence electrons. The molecule has 2 rings (SSSR count). The van der Waals surface area contributed by atoms with Crippen LogP contribution in [0.1, 0.15) is 16.8 Å². The van der Waals surface area contributed by atoms with Crippen molar-refractivity contribution in [3.05, 3.63) is 17.8 Å². The van der Waals surface area contributed by atoms with Gasteiger partial charge in [0.2, 0.25) is 5.91 Å². The van der Waals surface area contributed by atoms with Crippen LogP contribution in [0.15, 0.2) is 12.3 Å². The van der Waals surface area contributed by atoms with Gasteiger partial charge >= 0.3 is 5.97 Å². The molecule has 7 heteroatoms. The van der Waals surface area contributed by atoms with E-state index in [1.54, 1.807) is 11.9 Å². The van der Waals surface area contributed by atoms with Crippen LogP contribution in [-0.4, -0.2) is 48.5 Å². The third-order valence-corrected chi connectivity index (χ3v) is 3.05. The molecule has 0 spiro atoms. The highest BCUT2D eigenvalue weighted by molar-refractivity contribution is 5.96. The van der Waals surface area contributed by atoms with Gasteiger partial charge in [-0.2, -0.15) is 0 Å². The van der Waals surface area contributed by atoms with E-state index < -0.39 is 5.97 Å². The van der Waals surface area contributed by atoms with Crippen LogP contribution in [0.25, 0.3) is 0 Å². The number of carbonyl (C=O) groups excluding carboxylic acids is 2. The van der Waals surface area contributed by atoms with Crippen molar-refractivity contribution in [1.82, 2.24) is 9.88 Å². The molecule has 1 amide bonds. The Morgan fingerprint density at radius 1 is 1.63 bits per heavy atom. The zero-order valence-corrected chi connectivity index (χ0v) is 10.8. The van der Waals surface area contributed by atoms with Crippen molar-refractivity contribution in [3.63, 3.8) is 0 Å². The Bertz CT molecular complexity index is 518. The maximum Gasteiger partial charge on any atom is 0.341 e. The number of likely N-dealkylation sites (tertiary alicyclic amines) is 1. The first kappa shape index (κ1) is 13.1. The fraction of sp³-hybridized carbons (Fsp3) is 0.417. The van der Waals surface area contributed by atoms with Gasteiger partial charge in [0.05, 0.1) is 19.0 Å². The second kappa shape index (κ2) is 5.13. The summed E-state index contributed by atoms with van der Waals surface area (Å²) in [5.74, 6) is -0.245. The first-order valence-electron chi connectivity index (χ1n) is 5.88. The van der Waals surface area contributed by atoms with Crippen molar-refractivity contribution >= 4 is 23.4 Å². The summed E-state index contributed by atoms with van der Waals surface area (Å²) < 4.78 is 4.67. The summed E-state index contributed by atoms with van der Waals surface area (Å²) in [4.78, 5) is 29.2. The number of aromatic nitrogens is 1. The maximum atomic E-state index is 11.8. The highest BCUT2D eigenvalue weighted by atomic mass is 16.5. The zero-order chi connectivity index (χ0) is 14.0. The maximum absolute atomic E-state index is 11.8. The van der Waals surface area contributed by atoms with Crippen LogP contribution in [-0.2, 0) is 9.53 Å². The van der Waals surface area contributed by atoms with E-state index in [9.17, 15) is 9.59 Å². The average Bonchev–Trinajstić information content (AvgIpc) is 2.71. The first-order chi connectivity index (χ1) is 9.02. The zero-order valence-electron chi connectivity index (χ0n) is 10.8. The molecule has 1 atom stereocenters. The van der Waals surface area contributed by atoms with Crippen molar-refractivity contribution < 1.29 is 14.3 Å². The number of nitrogens with two attached hydrogens (primary N) is 1. The van der Waals surface area contributed by atoms with Crippen LogP contribution in [0.4, 0.5) is 11.5 Å². The normalized spacial score (nSPS) is 18.5. The van der Waals surface area contributed by atoms with Gasteiger partial charge in [0.25, 0.3) is 0 Å². The van der Waals surface area contributed by atoms with Gasteiger partial charge in [-0.05, 0) is 12.5 Å². The quantitative estimate of drug-likeness (QED) is 0.751. The SMILES string of the molecule is COC(=O)c1cc(N)cnc1NC1CCN(C)C1=O. The topological polar surface area (TPSA) is 97.6 Å². The number of nitrogen functional groups attached to an aromatic ring is 1. The lowest BCUT2D eigenvalue weighted by Gasteiger charge is -2.15. The van der Waals surface area contributed by atoms with Crippen LogP contribution in [0, 0.1) is 0 Å². The van der Waals surface area contributed by atoms with Gasteiger partial charge in [-0.3, -0.25) is 4.79 Å². The lowest BCUT2D eigenvalue weighted by molar-refractivity contribution is -0.127. The molecule has 3 N–H and O–H groups in total. The Morgan fingerprint density at radius 2 is 2.37 bits per heavy atom. The van der Waals surface area contributed by atoms with Gasteiger partial charge < -0.3 is 20.7 Å². The number of nitrogens with one attached hydrogen (secondary N) is 1. The van der Waals surface area contributed by atoms with Crippen molar-refractivity contribution in [2.24, 2.45) is 0 Å². The lowest BCUT2D eigenvalue weighted by atomic mass is 10.2. The molecular weight excluding hydrogens is 248 g/mol. The number of nitrogens with zero attached hydrogens (tertiary/aromatic N) is 2. The van der Waals surface area contributed by atoms with E-state index in [1.807, 2.05) is 0 Å². The molecule has 1 aromatic heterocycles. The van der Waals surface area contributed by atoms with Crippen LogP contribution < -0.4 is 11.1 Å². The van der Waals surface area contributed by atoms with E-state index in [0.717, 1.165) is 0 Å². The number of likely N-dealkylation sites (N-methyl/N-ethyl adjacent to an activating group) is 1. The average molecular weight is 264 g/mol. The van der Waals surface area contributed by atoms with Crippen molar-refractivity contribution in [3.8, 4) is 0 Å². The van der Waals surface area contributed by atoms with E-state index in [-0.39, 0.29) is 17.5 Å². The lowest BCUT2D eigenvalue weighted by Crippen LogP contribution is -2.31. The van der Waals surface area contributed by atoms with E-state index in [2.05, 4.69) is 15.0 Å². The third kappa shape index (κ3) is 2.59. The summed E-state index contributed by atoms with van der Waals surface area (Å²) in [5, 5.41) is 2.97. The Labute approximate surface area is 110 Å². The summed E-state index contributed by atoms with van der Waals surface area (Å²) in [6.45, 7) is 0.680. The smallest absolute Gasteiger partial charge is 0.341 e. The van der Waals surface area contributed by atoms with Crippen LogP contribution in [0.2, 0.25) is 0 Å². The molecule has 0 bridgehead atoms. The van der Waals surface area contributed by atoms with Gasteiger partial charge in [-0.25, -0.2) is 9.78 Å².